The van der Waals surface area contributed by atoms with E-state index in [1.807, 2.05) is 60.7 Å². The highest BCUT2D eigenvalue weighted by Gasteiger charge is 2.62. The summed E-state index contributed by atoms with van der Waals surface area (Å²) in [6.45, 7) is 7.67. The first-order valence-electron chi connectivity index (χ1n) is 16.0. The summed E-state index contributed by atoms with van der Waals surface area (Å²) in [6.07, 6.45) is 13.3. The predicted octanol–water partition coefficient (Wildman–Crippen LogP) is 6.18. The van der Waals surface area contributed by atoms with E-state index in [-0.39, 0.29) is 71.0 Å². The second kappa shape index (κ2) is 10.1. The lowest BCUT2D eigenvalue weighted by Gasteiger charge is -2.21. The van der Waals surface area contributed by atoms with Crippen LogP contribution in [-0.2, 0) is 25.6 Å². The fraction of sp³-hybridized carbons (Fsp3) is 0.368. The first-order chi connectivity index (χ1) is 21.4. The number of imide groups is 2. The average Bonchev–Trinajstić information content (AvgIpc) is 3.86. The molecule has 2 heterocycles. The molecule has 2 saturated heterocycles. The quantitative estimate of drug-likeness (QED) is 0.261. The van der Waals surface area contributed by atoms with Gasteiger partial charge in [0.25, 0.3) is 0 Å². The molecule has 6 nitrogen and oxygen atoms in total. The highest BCUT2D eigenvalue weighted by Crippen LogP contribution is 2.58. The Morgan fingerprint density at radius 1 is 0.614 bits per heavy atom. The van der Waals surface area contributed by atoms with Crippen molar-refractivity contribution in [2.75, 3.05) is 9.80 Å². The van der Waals surface area contributed by atoms with Crippen molar-refractivity contribution >= 4 is 35.0 Å². The van der Waals surface area contributed by atoms with Crippen molar-refractivity contribution in [3.63, 3.8) is 0 Å². The van der Waals surface area contributed by atoms with Crippen molar-refractivity contribution in [1.29, 1.82) is 0 Å². The minimum Gasteiger partial charge on any atom is -0.274 e. The smallest absolute Gasteiger partial charge is 0.238 e. The Labute approximate surface area is 257 Å². The molecule has 0 N–H and O–H groups in total. The van der Waals surface area contributed by atoms with Gasteiger partial charge in [-0.2, -0.15) is 0 Å². The third-order valence-electron chi connectivity index (χ3n) is 11.3. The zero-order valence-electron chi connectivity index (χ0n) is 24.7. The monoisotopic (exact) mass is 584 g/mol. The number of anilines is 2. The maximum absolute atomic E-state index is 13.5. The molecule has 6 heteroatoms. The van der Waals surface area contributed by atoms with Gasteiger partial charge in [-0.3, -0.25) is 29.0 Å². The lowest BCUT2D eigenvalue weighted by molar-refractivity contribution is -0.124. The van der Waals surface area contributed by atoms with Crippen LogP contribution in [0, 0.1) is 47.3 Å². The van der Waals surface area contributed by atoms with Gasteiger partial charge in [-0.25, -0.2) is 0 Å². The van der Waals surface area contributed by atoms with E-state index in [1.165, 1.54) is 20.9 Å². The lowest BCUT2D eigenvalue weighted by Crippen LogP contribution is -2.33. The number of nitrogens with zero attached hydrogens (tertiary/aromatic N) is 2. The van der Waals surface area contributed by atoms with Gasteiger partial charge < -0.3 is 0 Å². The Morgan fingerprint density at radius 3 is 1.55 bits per heavy atom. The van der Waals surface area contributed by atoms with Gasteiger partial charge in [0.2, 0.25) is 23.6 Å². The molecule has 8 unspecified atom stereocenters. The summed E-state index contributed by atoms with van der Waals surface area (Å²) in [5.74, 6) is -0.551. The Kier molecular flexibility index (Phi) is 6.26. The number of hydrogen-bond acceptors (Lipinski definition) is 4. The van der Waals surface area contributed by atoms with Crippen LogP contribution in [0.1, 0.15) is 43.2 Å². The fourth-order valence-corrected chi connectivity index (χ4v) is 9.44. The molecule has 4 fully saturated rings. The number of carbonyl (C=O) groups excluding carboxylic acids is 4. The number of benzene rings is 2. The van der Waals surface area contributed by atoms with Crippen molar-refractivity contribution in [3.8, 4) is 0 Å². The van der Waals surface area contributed by atoms with Gasteiger partial charge in [-0.15, -0.1) is 13.2 Å². The zero-order valence-corrected chi connectivity index (χ0v) is 24.7. The van der Waals surface area contributed by atoms with Gasteiger partial charge in [-0.05, 0) is 97.6 Å². The third-order valence-corrected chi connectivity index (χ3v) is 11.3. The second-order valence-electron chi connectivity index (χ2n) is 13.5. The van der Waals surface area contributed by atoms with E-state index >= 15 is 0 Å². The molecule has 2 aliphatic heterocycles. The Morgan fingerprint density at radius 2 is 1.07 bits per heavy atom. The van der Waals surface area contributed by atoms with Crippen molar-refractivity contribution < 1.29 is 19.2 Å². The van der Waals surface area contributed by atoms with Crippen LogP contribution in [0.5, 0.6) is 0 Å². The van der Waals surface area contributed by atoms with Crippen LogP contribution in [0.4, 0.5) is 11.4 Å². The van der Waals surface area contributed by atoms with Crippen molar-refractivity contribution in [2.24, 2.45) is 47.3 Å². The molecule has 4 amide bonds. The van der Waals surface area contributed by atoms with Crippen LogP contribution >= 0.6 is 0 Å². The molecule has 0 radical (unpaired) electrons. The SMILES string of the molecule is C=CCCC1=CC2CC1C1C(=O)N(c3ccc(Cc4ccc(N5C(=O)C6C7C=C(CC=C)C(C7)C6C5=O)cc4)cc3)C(=O)C21. The fourth-order valence-electron chi connectivity index (χ4n) is 9.44. The van der Waals surface area contributed by atoms with Gasteiger partial charge in [0.05, 0.1) is 35.0 Å². The van der Waals surface area contributed by atoms with E-state index in [0.717, 1.165) is 43.2 Å². The molecule has 0 spiro atoms. The van der Waals surface area contributed by atoms with Gasteiger partial charge in [0.15, 0.2) is 0 Å². The van der Waals surface area contributed by atoms with Crippen LogP contribution in [0.25, 0.3) is 0 Å². The number of fused-ring (bicyclic) bond motifs is 10. The van der Waals surface area contributed by atoms with E-state index in [1.54, 1.807) is 0 Å². The van der Waals surface area contributed by atoms with Crippen LogP contribution < -0.4 is 9.80 Å². The summed E-state index contributed by atoms with van der Waals surface area (Å²) in [6, 6.07) is 15.4. The van der Waals surface area contributed by atoms with Gasteiger partial charge in [0.1, 0.15) is 0 Å². The molecule has 8 rings (SSSR count). The lowest BCUT2D eigenvalue weighted by atomic mass is 9.80. The average molecular weight is 585 g/mol. The Hall–Kier alpha value is -4.32. The van der Waals surface area contributed by atoms with Gasteiger partial charge >= 0.3 is 0 Å². The molecule has 44 heavy (non-hydrogen) atoms. The number of allylic oxidation sites excluding steroid dienone is 6. The summed E-state index contributed by atoms with van der Waals surface area (Å²) in [4.78, 5) is 56.6. The van der Waals surface area contributed by atoms with Crippen LogP contribution in [0.15, 0.2) is 97.1 Å². The first kappa shape index (κ1) is 27.2. The van der Waals surface area contributed by atoms with Crippen LogP contribution in [0.2, 0.25) is 0 Å². The minimum absolute atomic E-state index is 0.0593. The van der Waals surface area contributed by atoms with E-state index in [9.17, 15) is 19.2 Å². The van der Waals surface area contributed by atoms with Gasteiger partial charge in [-0.1, -0.05) is 59.7 Å². The summed E-state index contributed by atoms with van der Waals surface area (Å²) >= 11 is 0. The summed E-state index contributed by atoms with van der Waals surface area (Å²) < 4.78 is 0. The highest BCUT2D eigenvalue weighted by atomic mass is 16.2. The molecule has 8 atom stereocenters. The standard InChI is InChI=1S/C38H36N2O4/c1-3-5-7-24-18-26-20-30(24)34-32(26)36(42)40(38(34)44)28-14-10-22(11-15-28)16-21-8-12-27(13-9-21)39-35(41)31-25-17-23(6-4-2)29(19-25)33(31)37(39)43/h3-4,8-15,17-18,25-26,29-34H,1-2,5-7,16,19-20H2. The molecular formula is C38H36N2O4. The van der Waals surface area contributed by atoms with E-state index in [0.29, 0.717) is 17.8 Å². The maximum Gasteiger partial charge on any atom is 0.238 e. The molecule has 2 aromatic carbocycles. The number of carbonyl (C=O) groups is 4. The van der Waals surface area contributed by atoms with Crippen molar-refractivity contribution in [1.82, 2.24) is 0 Å². The molecular weight excluding hydrogens is 548 g/mol. The molecule has 2 saturated carbocycles. The number of rotatable bonds is 9. The van der Waals surface area contributed by atoms with Crippen molar-refractivity contribution in [3.05, 3.63) is 108 Å². The summed E-state index contributed by atoms with van der Waals surface area (Å²) in [5, 5.41) is 0. The zero-order chi connectivity index (χ0) is 30.3. The third kappa shape index (κ3) is 3.85. The molecule has 4 aliphatic carbocycles. The largest absolute Gasteiger partial charge is 0.274 e. The molecule has 0 aromatic heterocycles. The highest BCUT2D eigenvalue weighted by molar-refractivity contribution is 6.23. The molecule has 222 valence electrons. The molecule has 2 aromatic rings. The van der Waals surface area contributed by atoms with Crippen molar-refractivity contribution in [2.45, 2.75) is 38.5 Å². The number of hydrogen-bond donors (Lipinski definition) is 0. The first-order valence-corrected chi connectivity index (χ1v) is 16.0. The Bertz CT molecular complexity index is 1680. The van der Waals surface area contributed by atoms with Gasteiger partial charge in [0, 0.05) is 0 Å². The number of amides is 4. The summed E-state index contributed by atoms with van der Waals surface area (Å²) in [5.41, 5.74) is 5.95. The normalized spacial score (nSPS) is 32.8. The Balaban J connectivity index is 0.938. The summed E-state index contributed by atoms with van der Waals surface area (Å²) in [7, 11) is 0. The minimum atomic E-state index is -0.245. The van der Waals surface area contributed by atoms with E-state index < -0.39 is 0 Å². The van der Waals surface area contributed by atoms with Crippen LogP contribution in [0.3, 0.4) is 0 Å². The molecule has 6 aliphatic rings. The topological polar surface area (TPSA) is 74.8 Å². The van der Waals surface area contributed by atoms with E-state index in [2.05, 4.69) is 25.3 Å². The van der Waals surface area contributed by atoms with E-state index in [4.69, 9.17) is 0 Å². The van der Waals surface area contributed by atoms with Crippen LogP contribution in [-0.4, -0.2) is 23.6 Å². The maximum atomic E-state index is 13.5. The predicted molar refractivity (Wildman–Crippen MR) is 168 cm³/mol. The molecule has 4 bridgehead atoms. The second-order valence-corrected chi connectivity index (χ2v) is 13.5.